The number of hydrogen-bond donors (Lipinski definition) is 0. The maximum Gasteiger partial charge on any atom is 0.258 e. The van der Waals surface area contributed by atoms with Gasteiger partial charge >= 0.3 is 0 Å². The Hall–Kier alpha value is -1.79. The lowest BCUT2D eigenvalue weighted by molar-refractivity contribution is -0.101. The van der Waals surface area contributed by atoms with E-state index in [1.54, 1.807) is 6.20 Å². The van der Waals surface area contributed by atoms with Crippen LogP contribution in [-0.4, -0.2) is 34.9 Å². The molecule has 17 heavy (non-hydrogen) atoms. The van der Waals surface area contributed by atoms with E-state index in [0.29, 0.717) is 37.2 Å². The topological polar surface area (TPSA) is 70.3 Å². The monoisotopic (exact) mass is 233 g/mol. The zero-order valence-electron chi connectivity index (χ0n) is 9.07. The van der Waals surface area contributed by atoms with E-state index < -0.39 is 0 Å². The van der Waals surface area contributed by atoms with Crippen LogP contribution in [0.25, 0.3) is 11.5 Å². The molecule has 3 heterocycles. The van der Waals surface area contributed by atoms with Crippen LogP contribution in [0, 0.1) is 0 Å². The highest BCUT2D eigenvalue weighted by molar-refractivity contribution is 5.47. The average molecular weight is 233 g/mol. The van der Waals surface area contributed by atoms with Gasteiger partial charge in [0.05, 0.1) is 19.8 Å². The first kappa shape index (κ1) is 10.4. The van der Waals surface area contributed by atoms with Crippen LogP contribution >= 0.6 is 0 Å². The molecule has 1 fully saturated rings. The SMILES string of the molecule is c1ccc(-c2noc(C3COCCO3)n2)nc1. The highest BCUT2D eigenvalue weighted by Crippen LogP contribution is 2.21. The summed E-state index contributed by atoms with van der Waals surface area (Å²) in [6.07, 6.45) is 1.42. The van der Waals surface area contributed by atoms with Crippen molar-refractivity contribution in [3.05, 3.63) is 30.3 Å². The molecule has 0 spiro atoms. The van der Waals surface area contributed by atoms with Crippen molar-refractivity contribution in [1.82, 2.24) is 15.1 Å². The Morgan fingerprint density at radius 1 is 1.24 bits per heavy atom. The summed E-state index contributed by atoms with van der Waals surface area (Å²) in [4.78, 5) is 8.41. The lowest BCUT2D eigenvalue weighted by atomic mass is 10.3. The van der Waals surface area contributed by atoms with Crippen LogP contribution in [0.4, 0.5) is 0 Å². The van der Waals surface area contributed by atoms with Crippen LogP contribution in [0.3, 0.4) is 0 Å². The third kappa shape index (κ3) is 2.17. The number of rotatable bonds is 2. The Morgan fingerprint density at radius 3 is 3.00 bits per heavy atom. The summed E-state index contributed by atoms with van der Waals surface area (Å²) >= 11 is 0. The quantitative estimate of drug-likeness (QED) is 0.776. The van der Waals surface area contributed by atoms with E-state index in [4.69, 9.17) is 14.0 Å². The van der Waals surface area contributed by atoms with Gasteiger partial charge in [0, 0.05) is 6.20 Å². The van der Waals surface area contributed by atoms with Gasteiger partial charge in [-0.3, -0.25) is 4.98 Å². The summed E-state index contributed by atoms with van der Waals surface area (Å²) in [7, 11) is 0. The summed E-state index contributed by atoms with van der Waals surface area (Å²) in [5, 5.41) is 3.88. The molecule has 3 rings (SSSR count). The Labute approximate surface area is 97.6 Å². The first-order valence-corrected chi connectivity index (χ1v) is 5.38. The number of pyridine rings is 1. The normalized spacial score (nSPS) is 20.4. The van der Waals surface area contributed by atoms with Gasteiger partial charge in [-0.2, -0.15) is 4.98 Å². The Balaban J connectivity index is 1.83. The Morgan fingerprint density at radius 2 is 2.24 bits per heavy atom. The minimum Gasteiger partial charge on any atom is -0.376 e. The van der Waals surface area contributed by atoms with Crippen molar-refractivity contribution < 1.29 is 14.0 Å². The lowest BCUT2D eigenvalue weighted by Crippen LogP contribution is -2.22. The van der Waals surface area contributed by atoms with Gasteiger partial charge in [-0.15, -0.1) is 0 Å². The molecule has 0 N–H and O–H groups in total. The van der Waals surface area contributed by atoms with Crippen LogP contribution in [0.1, 0.15) is 12.0 Å². The number of hydrogen-bond acceptors (Lipinski definition) is 6. The van der Waals surface area contributed by atoms with Gasteiger partial charge in [-0.1, -0.05) is 11.2 Å². The minimum atomic E-state index is -0.270. The fraction of sp³-hybridized carbons (Fsp3) is 0.364. The van der Waals surface area contributed by atoms with Gasteiger partial charge in [0.15, 0.2) is 6.10 Å². The first-order valence-electron chi connectivity index (χ1n) is 5.38. The third-order valence-electron chi connectivity index (χ3n) is 2.43. The van der Waals surface area contributed by atoms with Crippen molar-refractivity contribution in [1.29, 1.82) is 0 Å². The van der Waals surface area contributed by atoms with E-state index in [0.717, 1.165) is 0 Å². The molecule has 0 radical (unpaired) electrons. The highest BCUT2D eigenvalue weighted by Gasteiger charge is 2.23. The molecule has 0 saturated carbocycles. The molecular weight excluding hydrogens is 222 g/mol. The molecule has 1 aliphatic heterocycles. The van der Waals surface area contributed by atoms with Crippen molar-refractivity contribution in [2.75, 3.05) is 19.8 Å². The standard InChI is InChI=1S/C11H11N3O3/c1-2-4-12-8(3-1)10-13-11(17-14-10)9-7-15-5-6-16-9/h1-4,9H,5-7H2. The molecule has 6 nitrogen and oxygen atoms in total. The molecule has 1 atom stereocenters. The van der Waals surface area contributed by atoms with Crippen molar-refractivity contribution in [2.24, 2.45) is 0 Å². The molecule has 6 heteroatoms. The molecule has 0 aromatic carbocycles. The van der Waals surface area contributed by atoms with Crippen LogP contribution in [0.5, 0.6) is 0 Å². The van der Waals surface area contributed by atoms with E-state index in [9.17, 15) is 0 Å². The van der Waals surface area contributed by atoms with Crippen molar-refractivity contribution in [3.8, 4) is 11.5 Å². The van der Waals surface area contributed by atoms with Gasteiger partial charge in [-0.05, 0) is 12.1 Å². The predicted molar refractivity (Wildman–Crippen MR) is 57.0 cm³/mol. The molecule has 2 aromatic rings. The number of ether oxygens (including phenoxy) is 2. The second-order valence-corrected chi connectivity index (χ2v) is 3.61. The maximum atomic E-state index is 5.47. The number of aromatic nitrogens is 3. The molecule has 1 saturated heterocycles. The fourth-order valence-corrected chi connectivity index (χ4v) is 1.60. The Bertz CT molecular complexity index is 480. The smallest absolute Gasteiger partial charge is 0.258 e. The Kier molecular flexibility index (Phi) is 2.81. The largest absolute Gasteiger partial charge is 0.376 e. The van der Waals surface area contributed by atoms with E-state index in [2.05, 4.69) is 15.1 Å². The van der Waals surface area contributed by atoms with Crippen LogP contribution in [-0.2, 0) is 9.47 Å². The average Bonchev–Trinajstić information content (AvgIpc) is 2.90. The minimum absolute atomic E-state index is 0.270. The molecule has 0 bridgehead atoms. The summed E-state index contributed by atoms with van der Waals surface area (Å²) in [5.41, 5.74) is 0.680. The van der Waals surface area contributed by atoms with Crippen LogP contribution < -0.4 is 0 Å². The van der Waals surface area contributed by atoms with Gasteiger partial charge in [0.2, 0.25) is 5.82 Å². The van der Waals surface area contributed by atoms with Gasteiger partial charge < -0.3 is 14.0 Å². The van der Waals surface area contributed by atoms with Crippen LogP contribution in [0.2, 0.25) is 0 Å². The second kappa shape index (κ2) is 4.60. The molecule has 1 aliphatic rings. The maximum absolute atomic E-state index is 5.47. The zero-order chi connectivity index (χ0) is 11.5. The van der Waals surface area contributed by atoms with Crippen molar-refractivity contribution in [3.63, 3.8) is 0 Å². The fourth-order valence-electron chi connectivity index (χ4n) is 1.60. The molecule has 2 aromatic heterocycles. The van der Waals surface area contributed by atoms with Crippen LogP contribution in [0.15, 0.2) is 28.9 Å². The van der Waals surface area contributed by atoms with E-state index in [1.807, 2.05) is 18.2 Å². The number of nitrogens with zero attached hydrogens (tertiary/aromatic N) is 3. The molecular formula is C11H11N3O3. The van der Waals surface area contributed by atoms with Gasteiger partial charge in [0.25, 0.3) is 5.89 Å². The highest BCUT2D eigenvalue weighted by atomic mass is 16.6. The molecule has 88 valence electrons. The zero-order valence-corrected chi connectivity index (χ0v) is 9.07. The van der Waals surface area contributed by atoms with E-state index in [1.165, 1.54) is 0 Å². The summed E-state index contributed by atoms with van der Waals surface area (Å²) < 4.78 is 15.9. The summed E-state index contributed by atoms with van der Waals surface area (Å²) in [6, 6.07) is 5.54. The predicted octanol–water partition coefficient (Wildman–Crippen LogP) is 1.22. The van der Waals surface area contributed by atoms with E-state index in [-0.39, 0.29) is 6.10 Å². The first-order chi connectivity index (χ1) is 8.43. The summed E-state index contributed by atoms with van der Waals surface area (Å²) in [6.45, 7) is 1.60. The van der Waals surface area contributed by atoms with Gasteiger partial charge in [0.1, 0.15) is 5.69 Å². The van der Waals surface area contributed by atoms with E-state index >= 15 is 0 Å². The molecule has 0 amide bonds. The summed E-state index contributed by atoms with van der Waals surface area (Å²) in [5.74, 6) is 0.903. The van der Waals surface area contributed by atoms with Crippen molar-refractivity contribution in [2.45, 2.75) is 6.10 Å². The van der Waals surface area contributed by atoms with Crippen molar-refractivity contribution >= 4 is 0 Å². The second-order valence-electron chi connectivity index (χ2n) is 3.61. The molecule has 1 unspecified atom stereocenters. The molecule has 0 aliphatic carbocycles. The third-order valence-corrected chi connectivity index (χ3v) is 2.43. The lowest BCUT2D eigenvalue weighted by Gasteiger charge is -2.19. The van der Waals surface area contributed by atoms with Gasteiger partial charge in [-0.25, -0.2) is 0 Å².